The first-order valence-electron chi connectivity index (χ1n) is 6.01. The number of carbonyl (C=O) groups is 1. The van der Waals surface area contributed by atoms with E-state index in [2.05, 4.69) is 0 Å². The first kappa shape index (κ1) is 14.7. The minimum atomic E-state index is -0.602. The Balaban J connectivity index is 2.38. The third kappa shape index (κ3) is 5.29. The summed E-state index contributed by atoms with van der Waals surface area (Å²) in [5.74, 6) is -0.411. The summed E-state index contributed by atoms with van der Waals surface area (Å²) in [7, 11) is 0. The molecule has 0 radical (unpaired) electrons. The molecule has 0 saturated heterocycles. The summed E-state index contributed by atoms with van der Waals surface area (Å²) in [5.41, 5.74) is 5.97. The molecular formula is C14H21NO3. The number of benzene rings is 1. The summed E-state index contributed by atoms with van der Waals surface area (Å²) in [6, 6.07) is 9.26. The Morgan fingerprint density at radius 1 is 1.33 bits per heavy atom. The highest BCUT2D eigenvalue weighted by atomic mass is 16.6. The number of rotatable bonds is 6. The Bertz CT molecular complexity index is 374. The molecule has 1 unspecified atom stereocenters. The fourth-order valence-electron chi connectivity index (χ4n) is 1.27. The topological polar surface area (TPSA) is 61.6 Å². The van der Waals surface area contributed by atoms with Gasteiger partial charge in [-0.25, -0.2) is 0 Å². The molecule has 0 heterocycles. The highest BCUT2D eigenvalue weighted by Gasteiger charge is 2.22. The van der Waals surface area contributed by atoms with E-state index in [1.807, 2.05) is 44.2 Å². The van der Waals surface area contributed by atoms with Gasteiger partial charge in [0.05, 0.1) is 12.2 Å². The van der Waals surface area contributed by atoms with Crippen LogP contribution in [0.1, 0.15) is 26.3 Å². The molecule has 1 rings (SSSR count). The second kappa shape index (κ2) is 6.52. The molecule has 1 aromatic carbocycles. The van der Waals surface area contributed by atoms with Crippen LogP contribution in [0.2, 0.25) is 0 Å². The van der Waals surface area contributed by atoms with Crippen LogP contribution in [-0.4, -0.2) is 24.2 Å². The van der Waals surface area contributed by atoms with Crippen molar-refractivity contribution in [2.75, 3.05) is 6.61 Å². The lowest BCUT2D eigenvalue weighted by atomic mass is 10.1. The molecule has 0 amide bonds. The van der Waals surface area contributed by atoms with Crippen LogP contribution in [-0.2, 0) is 20.9 Å². The molecule has 4 nitrogen and oxygen atoms in total. The molecular weight excluding hydrogens is 230 g/mol. The summed E-state index contributed by atoms with van der Waals surface area (Å²) >= 11 is 0. The van der Waals surface area contributed by atoms with Crippen LogP contribution in [0.4, 0.5) is 0 Å². The van der Waals surface area contributed by atoms with Gasteiger partial charge in [-0.1, -0.05) is 30.3 Å². The van der Waals surface area contributed by atoms with Crippen molar-refractivity contribution < 1.29 is 14.3 Å². The van der Waals surface area contributed by atoms with Gasteiger partial charge in [-0.3, -0.25) is 4.79 Å². The molecule has 0 fully saturated rings. The molecule has 4 heteroatoms. The molecule has 2 N–H and O–H groups in total. The Morgan fingerprint density at radius 2 is 1.94 bits per heavy atom. The van der Waals surface area contributed by atoms with E-state index in [0.717, 1.165) is 5.56 Å². The molecule has 0 aliphatic rings. The fraction of sp³-hybridized carbons (Fsp3) is 0.500. The highest BCUT2D eigenvalue weighted by Crippen LogP contribution is 2.13. The van der Waals surface area contributed by atoms with Crippen molar-refractivity contribution in [1.29, 1.82) is 0 Å². The molecule has 1 atom stereocenters. The zero-order valence-corrected chi connectivity index (χ0v) is 11.2. The van der Waals surface area contributed by atoms with Gasteiger partial charge in [0.15, 0.2) is 0 Å². The van der Waals surface area contributed by atoms with Crippen LogP contribution in [0, 0.1) is 0 Å². The molecule has 18 heavy (non-hydrogen) atoms. The lowest BCUT2D eigenvalue weighted by Gasteiger charge is -2.25. The molecule has 0 spiro atoms. The predicted octanol–water partition coefficient (Wildman–Crippen LogP) is 1.87. The van der Waals surface area contributed by atoms with Crippen LogP contribution in [0.25, 0.3) is 0 Å². The number of carbonyl (C=O) groups excluding carboxylic acids is 1. The maximum absolute atomic E-state index is 11.3. The van der Waals surface area contributed by atoms with Crippen molar-refractivity contribution in [3.8, 4) is 0 Å². The molecule has 0 aliphatic heterocycles. The maximum atomic E-state index is 11.3. The molecule has 0 saturated carbocycles. The van der Waals surface area contributed by atoms with Crippen molar-refractivity contribution in [2.24, 2.45) is 5.73 Å². The number of hydrogen-bond acceptors (Lipinski definition) is 4. The van der Waals surface area contributed by atoms with E-state index in [-0.39, 0.29) is 6.61 Å². The quantitative estimate of drug-likeness (QED) is 0.784. The Hall–Kier alpha value is -1.39. The van der Waals surface area contributed by atoms with E-state index in [9.17, 15) is 4.79 Å². The summed E-state index contributed by atoms with van der Waals surface area (Å²) < 4.78 is 10.8. The zero-order valence-electron chi connectivity index (χ0n) is 11.2. The predicted molar refractivity (Wildman–Crippen MR) is 69.9 cm³/mol. The van der Waals surface area contributed by atoms with Gasteiger partial charge in [0.2, 0.25) is 0 Å². The van der Waals surface area contributed by atoms with E-state index >= 15 is 0 Å². The Kier molecular flexibility index (Phi) is 5.31. The first-order valence-corrected chi connectivity index (χ1v) is 6.01. The van der Waals surface area contributed by atoms with Crippen molar-refractivity contribution in [3.63, 3.8) is 0 Å². The standard InChI is InChI=1S/C14H21NO3/c1-11(15)13(16)17-10-14(2,3)18-9-12-7-5-4-6-8-12/h4-8,11H,9-10,15H2,1-3H3. The van der Waals surface area contributed by atoms with Gasteiger partial charge in [-0.15, -0.1) is 0 Å². The molecule has 0 aliphatic carbocycles. The summed E-state index contributed by atoms with van der Waals surface area (Å²) in [6.45, 7) is 6.04. The lowest BCUT2D eigenvalue weighted by Crippen LogP contribution is -2.36. The normalized spacial score (nSPS) is 13.1. The number of ether oxygens (including phenoxy) is 2. The second-order valence-corrected chi connectivity index (χ2v) is 4.93. The smallest absolute Gasteiger partial charge is 0.322 e. The van der Waals surface area contributed by atoms with Gasteiger partial charge in [0, 0.05) is 0 Å². The Morgan fingerprint density at radius 3 is 2.50 bits per heavy atom. The van der Waals surface area contributed by atoms with E-state index in [1.165, 1.54) is 0 Å². The average Bonchev–Trinajstić information content (AvgIpc) is 2.35. The van der Waals surface area contributed by atoms with Crippen LogP contribution >= 0.6 is 0 Å². The molecule has 0 bridgehead atoms. The van der Waals surface area contributed by atoms with Crippen LogP contribution < -0.4 is 5.73 Å². The van der Waals surface area contributed by atoms with Gasteiger partial charge in [0.25, 0.3) is 0 Å². The van der Waals surface area contributed by atoms with Gasteiger partial charge >= 0.3 is 5.97 Å². The minimum absolute atomic E-state index is 0.195. The van der Waals surface area contributed by atoms with Gasteiger partial charge in [-0.05, 0) is 26.3 Å². The maximum Gasteiger partial charge on any atom is 0.322 e. The minimum Gasteiger partial charge on any atom is -0.461 e. The van der Waals surface area contributed by atoms with E-state index in [4.69, 9.17) is 15.2 Å². The largest absolute Gasteiger partial charge is 0.461 e. The number of esters is 1. The third-order valence-electron chi connectivity index (χ3n) is 2.41. The summed E-state index contributed by atoms with van der Waals surface area (Å²) in [4.78, 5) is 11.3. The molecule has 100 valence electrons. The van der Waals surface area contributed by atoms with Crippen molar-refractivity contribution >= 4 is 5.97 Å². The van der Waals surface area contributed by atoms with Gasteiger partial charge < -0.3 is 15.2 Å². The Labute approximate surface area is 108 Å². The van der Waals surface area contributed by atoms with Gasteiger partial charge in [-0.2, -0.15) is 0 Å². The van der Waals surface area contributed by atoms with E-state index < -0.39 is 17.6 Å². The monoisotopic (exact) mass is 251 g/mol. The molecule has 0 aromatic heterocycles. The highest BCUT2D eigenvalue weighted by molar-refractivity contribution is 5.74. The van der Waals surface area contributed by atoms with Crippen LogP contribution in [0.5, 0.6) is 0 Å². The number of hydrogen-bond donors (Lipinski definition) is 1. The molecule has 1 aromatic rings. The second-order valence-electron chi connectivity index (χ2n) is 4.93. The van der Waals surface area contributed by atoms with E-state index in [1.54, 1.807) is 6.92 Å². The van der Waals surface area contributed by atoms with Crippen LogP contribution in [0.3, 0.4) is 0 Å². The van der Waals surface area contributed by atoms with Crippen molar-refractivity contribution in [1.82, 2.24) is 0 Å². The lowest BCUT2D eigenvalue weighted by molar-refractivity contribution is -0.155. The summed E-state index contributed by atoms with van der Waals surface area (Å²) in [5, 5.41) is 0. The average molecular weight is 251 g/mol. The first-order chi connectivity index (χ1) is 8.41. The van der Waals surface area contributed by atoms with Crippen LogP contribution in [0.15, 0.2) is 30.3 Å². The fourth-order valence-corrected chi connectivity index (χ4v) is 1.27. The zero-order chi connectivity index (χ0) is 13.6. The van der Waals surface area contributed by atoms with Gasteiger partial charge in [0.1, 0.15) is 12.6 Å². The van der Waals surface area contributed by atoms with Crippen molar-refractivity contribution in [3.05, 3.63) is 35.9 Å². The SMILES string of the molecule is CC(N)C(=O)OCC(C)(C)OCc1ccccc1. The third-order valence-corrected chi connectivity index (χ3v) is 2.41. The van der Waals surface area contributed by atoms with E-state index in [0.29, 0.717) is 6.61 Å². The number of nitrogens with two attached hydrogens (primary N) is 1. The van der Waals surface area contributed by atoms with Crippen molar-refractivity contribution in [2.45, 2.75) is 39.0 Å². The summed E-state index contributed by atoms with van der Waals surface area (Å²) in [6.07, 6.45) is 0.